The second-order valence-corrected chi connectivity index (χ2v) is 6.29. The number of H-pyrrole nitrogens is 1. The van der Waals surface area contributed by atoms with Gasteiger partial charge in [0, 0.05) is 21.9 Å². The lowest BCUT2D eigenvalue weighted by molar-refractivity contribution is 0.0952. The normalized spacial score (nSPS) is 10.7. The van der Waals surface area contributed by atoms with Crippen molar-refractivity contribution in [3.63, 3.8) is 0 Å². The number of pyridine rings is 1. The molecule has 2 aromatic carbocycles. The molecule has 0 saturated carbocycles. The Balaban J connectivity index is 1.75. The van der Waals surface area contributed by atoms with Crippen molar-refractivity contribution in [2.45, 2.75) is 6.42 Å². The average Bonchev–Trinajstić information content (AvgIpc) is 2.56. The molecule has 0 bridgehead atoms. The quantitative estimate of drug-likeness (QED) is 0.644. The number of phenols is 1. The molecule has 0 atom stereocenters. The van der Waals surface area contributed by atoms with Crippen LogP contribution in [-0.4, -0.2) is 22.5 Å². The Hall–Kier alpha value is -2.60. The van der Waals surface area contributed by atoms with Gasteiger partial charge in [-0.1, -0.05) is 34.1 Å². The molecule has 3 N–H and O–H groups in total. The first-order valence-corrected chi connectivity index (χ1v) is 8.21. The molecule has 24 heavy (non-hydrogen) atoms. The van der Waals surface area contributed by atoms with Gasteiger partial charge in [-0.3, -0.25) is 9.59 Å². The number of aromatic nitrogens is 1. The monoisotopic (exact) mass is 386 g/mol. The Labute approximate surface area is 146 Å². The second-order valence-electron chi connectivity index (χ2n) is 5.38. The van der Waals surface area contributed by atoms with Gasteiger partial charge in [0.25, 0.3) is 11.5 Å². The van der Waals surface area contributed by atoms with Gasteiger partial charge in [-0.25, -0.2) is 0 Å². The lowest BCUT2D eigenvalue weighted by Crippen LogP contribution is -2.31. The van der Waals surface area contributed by atoms with Gasteiger partial charge in [-0.05, 0) is 42.3 Å². The molecule has 0 spiro atoms. The third-order valence-electron chi connectivity index (χ3n) is 3.72. The van der Waals surface area contributed by atoms with Crippen LogP contribution in [0.1, 0.15) is 15.9 Å². The number of benzene rings is 2. The standard InChI is InChI=1S/C18H15BrN2O3/c19-13-5-6-15-12(9-13)10-14(18(24)21-15)17(23)20-8-7-11-3-1-2-4-16(11)22/h1-6,9-10,22H,7-8H2,(H,20,23)(H,21,24). The number of aromatic hydroxyl groups is 1. The molecule has 0 aliphatic heterocycles. The van der Waals surface area contributed by atoms with Crippen LogP contribution in [0.25, 0.3) is 10.9 Å². The van der Waals surface area contributed by atoms with Gasteiger partial charge in [-0.2, -0.15) is 0 Å². The van der Waals surface area contributed by atoms with Crippen molar-refractivity contribution in [3.05, 3.63) is 74.5 Å². The number of para-hydroxylation sites is 1. The zero-order chi connectivity index (χ0) is 17.1. The van der Waals surface area contributed by atoms with Crippen LogP contribution in [0, 0.1) is 0 Å². The van der Waals surface area contributed by atoms with E-state index in [4.69, 9.17) is 0 Å². The van der Waals surface area contributed by atoms with Crippen LogP contribution < -0.4 is 10.9 Å². The van der Waals surface area contributed by atoms with Crippen LogP contribution in [-0.2, 0) is 6.42 Å². The predicted octanol–water partition coefficient (Wildman–Crippen LogP) is 2.97. The number of nitrogens with one attached hydrogen (secondary N) is 2. The lowest BCUT2D eigenvalue weighted by atomic mass is 10.1. The molecule has 5 nitrogen and oxygen atoms in total. The number of rotatable bonds is 4. The fraction of sp³-hybridized carbons (Fsp3) is 0.111. The molecule has 3 rings (SSSR count). The van der Waals surface area contributed by atoms with Crippen LogP contribution in [0.4, 0.5) is 0 Å². The van der Waals surface area contributed by atoms with Crippen molar-refractivity contribution < 1.29 is 9.90 Å². The van der Waals surface area contributed by atoms with Crippen LogP contribution in [0.15, 0.2) is 57.8 Å². The molecule has 3 aromatic rings. The van der Waals surface area contributed by atoms with Crippen LogP contribution in [0.2, 0.25) is 0 Å². The highest BCUT2D eigenvalue weighted by Crippen LogP contribution is 2.18. The zero-order valence-electron chi connectivity index (χ0n) is 12.7. The summed E-state index contributed by atoms with van der Waals surface area (Å²) in [6.45, 7) is 0.326. The summed E-state index contributed by atoms with van der Waals surface area (Å²) in [5.41, 5.74) is 1.06. The predicted molar refractivity (Wildman–Crippen MR) is 96.4 cm³/mol. The summed E-state index contributed by atoms with van der Waals surface area (Å²) >= 11 is 3.37. The Morgan fingerprint density at radius 1 is 1.17 bits per heavy atom. The van der Waals surface area contributed by atoms with Gasteiger partial charge in [0.2, 0.25) is 0 Å². The van der Waals surface area contributed by atoms with Crippen LogP contribution >= 0.6 is 15.9 Å². The molecular formula is C18H15BrN2O3. The number of hydrogen-bond acceptors (Lipinski definition) is 3. The van der Waals surface area contributed by atoms with E-state index in [0.717, 1.165) is 15.4 Å². The summed E-state index contributed by atoms with van der Waals surface area (Å²) in [4.78, 5) is 27.0. The van der Waals surface area contributed by atoms with Crippen molar-refractivity contribution in [1.29, 1.82) is 0 Å². The molecule has 122 valence electrons. The molecule has 0 fully saturated rings. The number of amides is 1. The molecule has 1 heterocycles. The average molecular weight is 387 g/mol. The van der Waals surface area contributed by atoms with Gasteiger partial charge >= 0.3 is 0 Å². The summed E-state index contributed by atoms with van der Waals surface area (Å²) in [5, 5.41) is 13.2. The van der Waals surface area contributed by atoms with Gasteiger partial charge in [0.1, 0.15) is 11.3 Å². The molecule has 0 unspecified atom stereocenters. The Kier molecular flexibility index (Phi) is 4.66. The minimum atomic E-state index is -0.437. The fourth-order valence-electron chi connectivity index (χ4n) is 2.47. The summed E-state index contributed by atoms with van der Waals surface area (Å²) in [7, 11) is 0. The molecule has 0 aliphatic carbocycles. The van der Waals surface area contributed by atoms with Gasteiger partial charge in [0.05, 0.1) is 0 Å². The molecule has 6 heteroatoms. The molecule has 1 amide bonds. The van der Waals surface area contributed by atoms with E-state index in [2.05, 4.69) is 26.2 Å². The number of hydrogen-bond donors (Lipinski definition) is 3. The lowest BCUT2D eigenvalue weighted by Gasteiger charge is -2.07. The van der Waals surface area contributed by atoms with Gasteiger partial charge in [0.15, 0.2) is 0 Å². The molecule has 0 aliphatic rings. The summed E-state index contributed by atoms with van der Waals surface area (Å²) in [6.07, 6.45) is 0.482. The summed E-state index contributed by atoms with van der Waals surface area (Å²) < 4.78 is 0.868. The van der Waals surface area contributed by atoms with Crippen molar-refractivity contribution in [2.75, 3.05) is 6.54 Å². The van der Waals surface area contributed by atoms with E-state index in [1.165, 1.54) is 0 Å². The van der Waals surface area contributed by atoms with E-state index in [1.807, 2.05) is 18.2 Å². The van der Waals surface area contributed by atoms with E-state index >= 15 is 0 Å². The van der Waals surface area contributed by atoms with E-state index in [0.29, 0.717) is 18.5 Å². The number of phenolic OH excluding ortho intramolecular Hbond substituents is 1. The highest BCUT2D eigenvalue weighted by Gasteiger charge is 2.12. The summed E-state index contributed by atoms with van der Waals surface area (Å²) in [6, 6.07) is 14.0. The Morgan fingerprint density at radius 3 is 2.75 bits per heavy atom. The third kappa shape index (κ3) is 3.49. The first-order valence-electron chi connectivity index (χ1n) is 7.42. The van der Waals surface area contributed by atoms with E-state index < -0.39 is 11.5 Å². The third-order valence-corrected chi connectivity index (χ3v) is 4.22. The first kappa shape index (κ1) is 16.3. The largest absolute Gasteiger partial charge is 0.508 e. The minimum absolute atomic E-state index is 0.0675. The SMILES string of the molecule is O=C(NCCc1ccccc1O)c1cc2cc(Br)ccc2[nH]c1=O. The van der Waals surface area contributed by atoms with Gasteiger partial charge < -0.3 is 15.4 Å². The maximum absolute atomic E-state index is 12.3. The number of aromatic amines is 1. The van der Waals surface area contributed by atoms with E-state index in [9.17, 15) is 14.7 Å². The topological polar surface area (TPSA) is 82.2 Å². The van der Waals surface area contributed by atoms with Crippen molar-refractivity contribution in [3.8, 4) is 5.75 Å². The van der Waals surface area contributed by atoms with Crippen molar-refractivity contribution >= 4 is 32.7 Å². The highest BCUT2D eigenvalue weighted by atomic mass is 79.9. The zero-order valence-corrected chi connectivity index (χ0v) is 14.3. The minimum Gasteiger partial charge on any atom is -0.508 e. The number of carbonyl (C=O) groups is 1. The Bertz CT molecular complexity index is 966. The van der Waals surface area contributed by atoms with Crippen LogP contribution in [0.3, 0.4) is 0 Å². The van der Waals surface area contributed by atoms with Crippen molar-refractivity contribution in [1.82, 2.24) is 10.3 Å². The fourth-order valence-corrected chi connectivity index (χ4v) is 2.85. The smallest absolute Gasteiger partial charge is 0.261 e. The number of carbonyl (C=O) groups excluding carboxylic acids is 1. The molecule has 0 radical (unpaired) electrons. The molecular weight excluding hydrogens is 372 g/mol. The Morgan fingerprint density at radius 2 is 1.96 bits per heavy atom. The number of fused-ring (bicyclic) bond motifs is 1. The maximum Gasteiger partial charge on any atom is 0.261 e. The first-order chi connectivity index (χ1) is 11.5. The maximum atomic E-state index is 12.3. The van der Waals surface area contributed by atoms with E-state index in [-0.39, 0.29) is 11.3 Å². The van der Waals surface area contributed by atoms with Gasteiger partial charge in [-0.15, -0.1) is 0 Å². The van der Waals surface area contributed by atoms with Crippen molar-refractivity contribution in [2.24, 2.45) is 0 Å². The molecule has 1 aromatic heterocycles. The van der Waals surface area contributed by atoms with Crippen LogP contribution in [0.5, 0.6) is 5.75 Å². The second kappa shape index (κ2) is 6.88. The molecule has 0 saturated heterocycles. The van der Waals surface area contributed by atoms with E-state index in [1.54, 1.807) is 30.3 Å². The summed E-state index contributed by atoms with van der Waals surface area (Å²) in [5.74, 6) is -0.242. The highest BCUT2D eigenvalue weighted by molar-refractivity contribution is 9.10. The number of halogens is 1.